The number of hydrogen-bond acceptors (Lipinski definition) is 7. The Hall–Kier alpha value is -6.80. The predicted octanol–water partition coefficient (Wildman–Crippen LogP) is 9.31. The Balaban J connectivity index is 0.985. The van der Waals surface area contributed by atoms with Crippen molar-refractivity contribution in [3.63, 3.8) is 0 Å². The Kier molecular flexibility index (Phi) is 12.0. The molecule has 0 spiro atoms. The van der Waals surface area contributed by atoms with Crippen molar-refractivity contribution in [2.24, 2.45) is 0 Å². The molecule has 61 heavy (non-hydrogen) atoms. The largest absolute Gasteiger partial charge is 0.489 e. The Bertz CT molecular complexity index is 2660. The Morgan fingerprint density at radius 2 is 1.56 bits per heavy atom. The van der Waals surface area contributed by atoms with Crippen LogP contribution in [0.1, 0.15) is 55.4 Å². The average molecular weight is 853 g/mol. The van der Waals surface area contributed by atoms with Crippen LogP contribution < -0.4 is 19.5 Å². The maximum absolute atomic E-state index is 14.2. The second-order valence-corrected chi connectivity index (χ2v) is 15.9. The summed E-state index contributed by atoms with van der Waals surface area (Å²) in [5.41, 5.74) is 7.73. The van der Waals surface area contributed by atoms with Gasteiger partial charge in [0.15, 0.2) is 17.6 Å². The van der Waals surface area contributed by atoms with Crippen LogP contribution in [0.15, 0.2) is 127 Å². The maximum atomic E-state index is 14.2. The second kappa shape index (κ2) is 17.8. The molecule has 0 fully saturated rings. The van der Waals surface area contributed by atoms with Gasteiger partial charge in [-0.25, -0.2) is 4.79 Å². The van der Waals surface area contributed by atoms with Gasteiger partial charge >= 0.3 is 5.97 Å². The van der Waals surface area contributed by atoms with Gasteiger partial charge in [-0.05, 0) is 107 Å². The molecule has 2 aliphatic heterocycles. The fourth-order valence-electron chi connectivity index (χ4n) is 7.56. The summed E-state index contributed by atoms with van der Waals surface area (Å²) in [6.07, 6.45) is -0.256. The van der Waals surface area contributed by atoms with Crippen LogP contribution in [0.2, 0.25) is 10.0 Å². The van der Waals surface area contributed by atoms with Crippen molar-refractivity contribution in [2.45, 2.75) is 51.1 Å². The molecule has 6 aromatic rings. The van der Waals surface area contributed by atoms with E-state index >= 15 is 0 Å². The van der Waals surface area contributed by atoms with E-state index in [1.165, 1.54) is 4.90 Å². The number of amides is 2. The topological polar surface area (TPSA) is 138 Å². The van der Waals surface area contributed by atoms with Gasteiger partial charge in [-0.15, -0.1) is 0 Å². The first kappa shape index (κ1) is 41.0. The van der Waals surface area contributed by atoms with Gasteiger partial charge in [0.1, 0.15) is 31.0 Å². The summed E-state index contributed by atoms with van der Waals surface area (Å²) in [6, 6.07) is 38.2. The molecule has 2 heterocycles. The van der Waals surface area contributed by atoms with Crippen LogP contribution in [0.25, 0.3) is 11.1 Å². The Morgan fingerprint density at radius 3 is 2.25 bits per heavy atom. The third-order valence-electron chi connectivity index (χ3n) is 10.9. The highest BCUT2D eigenvalue weighted by molar-refractivity contribution is 6.42. The number of halogens is 2. The molecule has 2 amide bonds. The molecule has 0 aromatic heterocycles. The van der Waals surface area contributed by atoms with E-state index in [0.29, 0.717) is 50.6 Å². The Morgan fingerprint density at radius 1 is 0.852 bits per heavy atom. The number of nitrogens with one attached hydrogen (secondary N) is 1. The van der Waals surface area contributed by atoms with Crippen LogP contribution in [0.5, 0.6) is 17.2 Å². The van der Waals surface area contributed by atoms with E-state index in [4.69, 9.17) is 42.7 Å². The summed E-state index contributed by atoms with van der Waals surface area (Å²) in [4.78, 5) is 42.5. The molecule has 2 N–H and O–H groups in total. The van der Waals surface area contributed by atoms with E-state index < -0.39 is 30.1 Å². The van der Waals surface area contributed by atoms with E-state index in [9.17, 15) is 19.5 Å². The second-order valence-electron chi connectivity index (χ2n) is 15.1. The number of aliphatic carboxylic acids is 1. The summed E-state index contributed by atoms with van der Waals surface area (Å²) in [5.74, 6) is -0.431. The zero-order valence-corrected chi connectivity index (χ0v) is 34.5. The van der Waals surface area contributed by atoms with Gasteiger partial charge in [-0.3, -0.25) is 9.59 Å². The molecule has 2 aliphatic rings. The van der Waals surface area contributed by atoms with Gasteiger partial charge in [-0.2, -0.15) is 5.26 Å². The lowest BCUT2D eigenvalue weighted by atomic mass is 9.91. The quantitative estimate of drug-likeness (QED) is 0.132. The van der Waals surface area contributed by atoms with E-state index in [0.717, 1.165) is 38.9 Å². The molecular weight excluding hydrogens is 813 g/mol. The molecule has 306 valence electrons. The number of carboxylic acid groups (broad SMARTS) is 1. The van der Waals surface area contributed by atoms with Gasteiger partial charge in [0.25, 0.3) is 5.91 Å². The number of fused-ring (bicyclic) bond motifs is 2. The number of hydrogen-bond donors (Lipinski definition) is 2. The molecule has 8 rings (SSSR count). The molecule has 0 aliphatic carbocycles. The van der Waals surface area contributed by atoms with Crippen molar-refractivity contribution in [2.75, 3.05) is 6.61 Å². The van der Waals surface area contributed by atoms with Gasteiger partial charge in [0.05, 0.1) is 21.7 Å². The van der Waals surface area contributed by atoms with Crippen molar-refractivity contribution < 1.29 is 33.7 Å². The molecule has 6 aromatic carbocycles. The monoisotopic (exact) mass is 851 g/mol. The van der Waals surface area contributed by atoms with Crippen molar-refractivity contribution in [1.82, 2.24) is 10.2 Å². The summed E-state index contributed by atoms with van der Waals surface area (Å²) in [6.45, 7) is 2.53. The molecule has 0 saturated carbocycles. The molecule has 0 bridgehead atoms. The van der Waals surface area contributed by atoms with Crippen molar-refractivity contribution in [3.8, 4) is 34.4 Å². The summed E-state index contributed by atoms with van der Waals surface area (Å²) in [7, 11) is 0. The number of carbonyl (C=O) groups excluding carboxylic acids is 2. The first-order chi connectivity index (χ1) is 29.5. The number of benzene rings is 6. The summed E-state index contributed by atoms with van der Waals surface area (Å²) >= 11 is 12.2. The number of carbonyl (C=O) groups is 3. The zero-order chi connectivity index (χ0) is 42.6. The lowest BCUT2D eigenvalue weighted by Gasteiger charge is -2.37. The standard InChI is InChI=1S/C49H39Cl2N3O7/c1-29-3-2-4-36(19-29)48(56)54-26-38-24-45-44(60-28-46(61-45)35-14-16-39(17-15-35)59-27-32-9-18-40(50)41(51)20-32)23-37(38)22-43(54)47(55)53-42(49(57)58)21-30-5-10-33(11-6-30)34-12-7-31(25-52)8-13-34/h2-20,23-24,42-43,46H,21-22,26-28H2,1H3,(H,53,55)(H,57,58)/t42-,43?,46+/m0/s1. The van der Waals surface area contributed by atoms with Crippen LogP contribution in [-0.2, 0) is 35.6 Å². The van der Waals surface area contributed by atoms with Gasteiger partial charge in [-0.1, -0.05) is 95.5 Å². The summed E-state index contributed by atoms with van der Waals surface area (Å²) < 4.78 is 18.6. The SMILES string of the molecule is Cc1cccc(C(=O)N2Cc3cc4c(cc3CC2C(=O)N[C@@H](Cc2ccc(-c3ccc(C#N)cc3)cc2)C(=O)O)OC[C@H](c2ccc(OCc3ccc(Cl)c(Cl)c3)cc2)O4)c1. The minimum absolute atomic E-state index is 0.0260. The number of rotatable bonds is 11. The molecule has 0 saturated heterocycles. The molecule has 10 nitrogen and oxygen atoms in total. The number of aryl methyl sites for hydroxylation is 1. The Labute approximate surface area is 362 Å². The van der Waals surface area contributed by atoms with Crippen LogP contribution in [-0.4, -0.2) is 46.5 Å². The fraction of sp³-hybridized carbons (Fsp3) is 0.184. The minimum Gasteiger partial charge on any atom is -0.489 e. The fourth-order valence-corrected chi connectivity index (χ4v) is 7.88. The van der Waals surface area contributed by atoms with Gasteiger partial charge in [0, 0.05) is 24.9 Å². The number of nitrogens with zero attached hydrogens (tertiary/aromatic N) is 2. The molecule has 3 atom stereocenters. The molecule has 1 unspecified atom stereocenters. The van der Waals surface area contributed by atoms with Crippen LogP contribution in [0.4, 0.5) is 0 Å². The minimum atomic E-state index is -1.26. The third-order valence-corrected chi connectivity index (χ3v) is 11.6. The molecular formula is C49H39Cl2N3O7. The van der Waals surface area contributed by atoms with E-state index in [1.807, 2.05) is 91.9 Å². The van der Waals surface area contributed by atoms with Crippen LogP contribution in [0.3, 0.4) is 0 Å². The molecule has 12 heteroatoms. The number of carboxylic acids is 1. The van der Waals surface area contributed by atoms with Gasteiger partial charge < -0.3 is 29.5 Å². The van der Waals surface area contributed by atoms with Crippen molar-refractivity contribution in [1.29, 1.82) is 5.26 Å². The van der Waals surface area contributed by atoms with Crippen LogP contribution >= 0.6 is 23.2 Å². The normalized spacial score (nSPS) is 15.8. The number of nitriles is 1. The summed E-state index contributed by atoms with van der Waals surface area (Å²) in [5, 5.41) is 23.1. The predicted molar refractivity (Wildman–Crippen MR) is 231 cm³/mol. The lowest BCUT2D eigenvalue weighted by Crippen LogP contribution is -2.56. The highest BCUT2D eigenvalue weighted by Crippen LogP contribution is 2.41. The van der Waals surface area contributed by atoms with E-state index in [-0.39, 0.29) is 31.9 Å². The van der Waals surface area contributed by atoms with Crippen molar-refractivity contribution in [3.05, 3.63) is 182 Å². The average Bonchev–Trinajstić information content (AvgIpc) is 3.28. The van der Waals surface area contributed by atoms with E-state index in [2.05, 4.69) is 11.4 Å². The number of ether oxygens (including phenoxy) is 3. The first-order valence-electron chi connectivity index (χ1n) is 19.6. The molecule has 0 radical (unpaired) electrons. The van der Waals surface area contributed by atoms with Gasteiger partial charge in [0.2, 0.25) is 5.91 Å². The highest BCUT2D eigenvalue weighted by atomic mass is 35.5. The first-order valence-corrected chi connectivity index (χ1v) is 20.4. The van der Waals surface area contributed by atoms with Crippen molar-refractivity contribution >= 4 is 41.0 Å². The smallest absolute Gasteiger partial charge is 0.326 e. The highest BCUT2D eigenvalue weighted by Gasteiger charge is 2.38. The lowest BCUT2D eigenvalue weighted by molar-refractivity contribution is -0.142. The van der Waals surface area contributed by atoms with Crippen LogP contribution in [0, 0.1) is 18.3 Å². The maximum Gasteiger partial charge on any atom is 0.326 e. The zero-order valence-electron chi connectivity index (χ0n) is 32.9. The van der Waals surface area contributed by atoms with E-state index in [1.54, 1.807) is 42.5 Å². The third kappa shape index (κ3) is 9.34.